The van der Waals surface area contributed by atoms with E-state index in [2.05, 4.69) is 26.0 Å². The third-order valence-electron chi connectivity index (χ3n) is 2.64. The van der Waals surface area contributed by atoms with Gasteiger partial charge < -0.3 is 10.4 Å². The highest BCUT2D eigenvalue weighted by Gasteiger charge is 2.15. The average molecular weight is 393 g/mol. The summed E-state index contributed by atoms with van der Waals surface area (Å²) in [6, 6.07) is 5.70. The summed E-state index contributed by atoms with van der Waals surface area (Å²) in [7, 11) is -3.68. The van der Waals surface area contributed by atoms with Gasteiger partial charge in [-0.05, 0) is 25.1 Å². The van der Waals surface area contributed by atoms with Crippen molar-refractivity contribution in [2.75, 3.05) is 6.54 Å². The summed E-state index contributed by atoms with van der Waals surface area (Å²) in [6.07, 6.45) is -0.257. The van der Waals surface area contributed by atoms with Gasteiger partial charge in [0.15, 0.2) is 0 Å². The quantitative estimate of drug-likeness (QED) is 0.612. The lowest BCUT2D eigenvalue weighted by Gasteiger charge is -2.12. The lowest BCUT2D eigenvalue weighted by Crippen LogP contribution is -2.36. The Labute approximate surface area is 137 Å². The molecule has 0 heterocycles. The fraction of sp³-hybridized carbons (Fsp3) is 0.385. The smallest absolute Gasteiger partial charge is 0.305 e. The normalized spacial score (nSPS) is 12.6. The van der Waals surface area contributed by atoms with E-state index in [1.807, 2.05) is 0 Å². The fourth-order valence-electron chi connectivity index (χ4n) is 1.68. The molecule has 7 nitrogen and oxygen atoms in total. The zero-order chi connectivity index (χ0) is 16.8. The molecule has 0 aliphatic carbocycles. The van der Waals surface area contributed by atoms with Crippen LogP contribution in [0.25, 0.3) is 0 Å². The number of aliphatic carboxylic acids is 1. The first-order valence-electron chi connectivity index (χ1n) is 6.47. The molecular weight excluding hydrogens is 376 g/mol. The molecule has 1 unspecified atom stereocenters. The molecule has 9 heteroatoms. The zero-order valence-electron chi connectivity index (χ0n) is 11.9. The molecule has 0 bridgehead atoms. The second-order valence-corrected chi connectivity index (χ2v) is 7.35. The Morgan fingerprint density at radius 2 is 2.05 bits per heavy atom. The Hall–Kier alpha value is -1.45. The van der Waals surface area contributed by atoms with Gasteiger partial charge in [-0.25, -0.2) is 13.1 Å². The van der Waals surface area contributed by atoms with Gasteiger partial charge in [0.25, 0.3) is 0 Å². The summed E-state index contributed by atoms with van der Waals surface area (Å²) in [5.74, 6) is -1.42. The van der Waals surface area contributed by atoms with Gasteiger partial charge >= 0.3 is 5.97 Å². The van der Waals surface area contributed by atoms with E-state index in [1.165, 1.54) is 12.1 Å². The summed E-state index contributed by atoms with van der Waals surface area (Å²) < 4.78 is 26.9. The Bertz CT molecular complexity index is 648. The number of benzene rings is 1. The zero-order valence-corrected chi connectivity index (χ0v) is 14.3. The van der Waals surface area contributed by atoms with Crippen molar-refractivity contribution in [3.8, 4) is 0 Å². The minimum absolute atomic E-state index is 0.0690. The van der Waals surface area contributed by atoms with Gasteiger partial charge in [0.1, 0.15) is 0 Å². The Morgan fingerprint density at radius 1 is 1.36 bits per heavy atom. The number of hydrogen-bond donors (Lipinski definition) is 3. The molecular formula is C13H17BrN2O5S. The van der Waals surface area contributed by atoms with Gasteiger partial charge in [-0.3, -0.25) is 9.59 Å². The van der Waals surface area contributed by atoms with Crippen LogP contribution in [0.2, 0.25) is 0 Å². The Morgan fingerprint density at radius 3 is 2.64 bits per heavy atom. The largest absolute Gasteiger partial charge is 0.481 e. The molecule has 22 heavy (non-hydrogen) atoms. The molecule has 0 radical (unpaired) electrons. The van der Waals surface area contributed by atoms with Crippen LogP contribution in [0.3, 0.4) is 0 Å². The third-order valence-corrected chi connectivity index (χ3v) is 4.59. The molecule has 1 amide bonds. The number of carboxylic acids is 1. The lowest BCUT2D eigenvalue weighted by atomic mass is 10.2. The number of nitrogens with one attached hydrogen (secondary N) is 2. The van der Waals surface area contributed by atoms with Crippen molar-refractivity contribution in [3.63, 3.8) is 0 Å². The van der Waals surface area contributed by atoms with Crippen LogP contribution in [0, 0.1) is 0 Å². The second kappa shape index (κ2) is 8.25. The number of halogens is 1. The summed E-state index contributed by atoms with van der Waals surface area (Å²) in [4.78, 5) is 22.1. The highest BCUT2D eigenvalue weighted by Crippen LogP contribution is 2.15. The summed E-state index contributed by atoms with van der Waals surface area (Å²) in [5, 5.41) is 11.1. The van der Waals surface area contributed by atoms with E-state index in [1.54, 1.807) is 19.1 Å². The minimum atomic E-state index is -3.68. The maximum atomic E-state index is 12.0. The van der Waals surface area contributed by atoms with E-state index in [4.69, 9.17) is 5.11 Å². The number of sulfonamides is 1. The molecule has 0 spiro atoms. The van der Waals surface area contributed by atoms with Crippen LogP contribution in [-0.2, 0) is 19.6 Å². The molecule has 0 fully saturated rings. The molecule has 1 aromatic rings. The summed E-state index contributed by atoms with van der Waals surface area (Å²) in [6.45, 7) is 1.50. The summed E-state index contributed by atoms with van der Waals surface area (Å²) >= 11 is 3.19. The number of carboxylic acid groups (broad SMARTS) is 1. The van der Waals surface area contributed by atoms with Crippen molar-refractivity contribution >= 4 is 37.8 Å². The molecule has 0 saturated carbocycles. The van der Waals surface area contributed by atoms with E-state index in [0.29, 0.717) is 4.47 Å². The molecule has 0 aliphatic heterocycles. The van der Waals surface area contributed by atoms with Gasteiger partial charge in [0.05, 0.1) is 11.3 Å². The van der Waals surface area contributed by atoms with Crippen LogP contribution in [0.4, 0.5) is 0 Å². The van der Waals surface area contributed by atoms with Crippen molar-refractivity contribution in [1.82, 2.24) is 10.0 Å². The molecule has 122 valence electrons. The first kappa shape index (κ1) is 18.6. The molecule has 0 aliphatic rings. The van der Waals surface area contributed by atoms with E-state index < -0.39 is 27.9 Å². The number of amides is 1. The Kier molecular flexibility index (Phi) is 6.98. The molecule has 0 aromatic heterocycles. The fourth-order valence-corrected chi connectivity index (χ4v) is 3.30. The van der Waals surface area contributed by atoms with Gasteiger partial charge in [0.2, 0.25) is 15.9 Å². The number of rotatable bonds is 8. The Balaban J connectivity index is 2.46. The van der Waals surface area contributed by atoms with E-state index >= 15 is 0 Å². The predicted octanol–water partition coefficient (Wildman–Crippen LogP) is 1.10. The predicted molar refractivity (Wildman–Crippen MR) is 83.8 cm³/mol. The van der Waals surface area contributed by atoms with Crippen LogP contribution < -0.4 is 10.0 Å². The maximum absolute atomic E-state index is 12.0. The second-order valence-electron chi connectivity index (χ2n) is 4.67. The highest BCUT2D eigenvalue weighted by atomic mass is 79.9. The maximum Gasteiger partial charge on any atom is 0.305 e. The van der Waals surface area contributed by atoms with Crippen LogP contribution >= 0.6 is 15.9 Å². The number of carbonyl (C=O) groups is 2. The lowest BCUT2D eigenvalue weighted by molar-refractivity contribution is -0.137. The van der Waals surface area contributed by atoms with Crippen molar-refractivity contribution in [1.29, 1.82) is 0 Å². The number of hydrogen-bond acceptors (Lipinski definition) is 4. The molecule has 3 N–H and O–H groups in total. The summed E-state index contributed by atoms with van der Waals surface area (Å²) in [5.41, 5.74) is 0. The van der Waals surface area contributed by atoms with Crippen molar-refractivity contribution in [2.24, 2.45) is 0 Å². The van der Waals surface area contributed by atoms with Gasteiger partial charge in [-0.2, -0.15) is 0 Å². The van der Waals surface area contributed by atoms with Crippen LogP contribution in [0.1, 0.15) is 19.8 Å². The van der Waals surface area contributed by atoms with Crippen LogP contribution in [0.5, 0.6) is 0 Å². The van der Waals surface area contributed by atoms with Crippen molar-refractivity contribution in [2.45, 2.75) is 30.7 Å². The topological polar surface area (TPSA) is 113 Å². The minimum Gasteiger partial charge on any atom is -0.481 e. The highest BCUT2D eigenvalue weighted by molar-refractivity contribution is 9.10. The first-order chi connectivity index (χ1) is 10.2. The third kappa shape index (κ3) is 6.54. The van der Waals surface area contributed by atoms with Gasteiger partial charge in [0, 0.05) is 23.5 Å². The average Bonchev–Trinajstić information content (AvgIpc) is 2.37. The van der Waals surface area contributed by atoms with Crippen LogP contribution in [0.15, 0.2) is 33.6 Å². The van der Waals surface area contributed by atoms with Gasteiger partial charge in [-0.15, -0.1) is 0 Å². The van der Waals surface area contributed by atoms with Crippen molar-refractivity contribution < 1.29 is 23.1 Å². The monoisotopic (exact) mass is 392 g/mol. The first-order valence-corrected chi connectivity index (χ1v) is 8.74. The number of carbonyl (C=O) groups excluding carboxylic acids is 1. The van der Waals surface area contributed by atoms with Gasteiger partial charge in [-0.1, -0.05) is 22.0 Å². The molecule has 1 atom stereocenters. The molecule has 1 aromatic carbocycles. The standard InChI is InChI=1S/C13H17BrN2O5S/c1-9(7-13(18)19)16-12(17)5-6-15-22(20,21)11-4-2-3-10(14)8-11/h2-4,8-9,15H,5-7H2,1H3,(H,16,17)(H,18,19). The van der Waals surface area contributed by atoms with E-state index in [9.17, 15) is 18.0 Å². The van der Waals surface area contributed by atoms with E-state index in [0.717, 1.165) is 0 Å². The molecule has 0 saturated heterocycles. The van der Waals surface area contributed by atoms with Crippen molar-refractivity contribution in [3.05, 3.63) is 28.7 Å². The van der Waals surface area contributed by atoms with Crippen LogP contribution in [-0.4, -0.2) is 38.0 Å². The SMILES string of the molecule is CC(CC(=O)O)NC(=O)CCNS(=O)(=O)c1cccc(Br)c1. The van der Waals surface area contributed by atoms with E-state index in [-0.39, 0.29) is 24.3 Å². The molecule has 1 rings (SSSR count).